The molecule has 0 aromatic heterocycles. The van der Waals surface area contributed by atoms with E-state index in [4.69, 9.17) is 8.37 Å². The molecule has 0 atom stereocenters. The Morgan fingerprint density at radius 3 is 1.61 bits per heavy atom. The van der Waals surface area contributed by atoms with Crippen molar-refractivity contribution in [2.45, 2.75) is 102 Å². The van der Waals surface area contributed by atoms with Crippen LogP contribution in [0.25, 0.3) is 10.8 Å². The summed E-state index contributed by atoms with van der Waals surface area (Å²) < 4.78 is 63.3. The molecule has 0 saturated heterocycles. The van der Waals surface area contributed by atoms with Crippen molar-refractivity contribution in [3.05, 3.63) is 36.4 Å². The van der Waals surface area contributed by atoms with Gasteiger partial charge in [0.05, 0.1) is 13.2 Å². The molecule has 2 aromatic rings. The summed E-state index contributed by atoms with van der Waals surface area (Å²) in [6.45, 7) is 8.77. The maximum absolute atomic E-state index is 13.3. The fraction of sp³-hybridized carbons (Fsp3) is 0.643. The van der Waals surface area contributed by atoms with Gasteiger partial charge in [0.15, 0.2) is 0 Å². The Morgan fingerprint density at radius 1 is 0.605 bits per heavy atom. The summed E-state index contributed by atoms with van der Waals surface area (Å²) in [6.07, 6.45) is 9.46. The first-order valence-corrected chi connectivity index (χ1v) is 16.2. The Labute approximate surface area is 275 Å². The van der Waals surface area contributed by atoms with Gasteiger partial charge in [-0.05, 0) is 36.1 Å². The molecule has 38 heavy (non-hydrogen) atoms. The molecule has 0 aliphatic rings. The average Bonchev–Trinajstić information content (AvgIpc) is 2.81. The van der Waals surface area contributed by atoms with E-state index < -0.39 is 20.2 Å². The molecule has 206 valence electrons. The predicted molar refractivity (Wildman–Crippen MR) is 158 cm³/mol. The maximum atomic E-state index is 13.3. The standard InChI is InChI=1S/C28H44O6S2.2Na/c1-23(2)15-9-5-7-13-21-33-35(29,30)27-20-19-25-17-11-12-18-26(25)28(27)36(31,32)34-22-14-8-6-10-16-24(3)4;;/h11-12,17-20,23-24H,5-10,13-16,21-22H2,1-4H3;;. The van der Waals surface area contributed by atoms with Gasteiger partial charge in [-0.3, -0.25) is 8.37 Å². The number of unbranched alkanes of at least 4 members (excludes halogenated alkanes) is 6. The first-order chi connectivity index (χ1) is 17.0. The van der Waals surface area contributed by atoms with Crippen LogP contribution in [0.4, 0.5) is 0 Å². The van der Waals surface area contributed by atoms with Crippen LogP contribution in [0.5, 0.6) is 0 Å². The second-order valence-electron chi connectivity index (χ2n) is 10.4. The second-order valence-corrected chi connectivity index (χ2v) is 13.5. The van der Waals surface area contributed by atoms with Gasteiger partial charge in [-0.2, -0.15) is 16.8 Å². The molecule has 0 aliphatic carbocycles. The molecule has 2 aromatic carbocycles. The second kappa shape index (κ2) is 19.6. The summed E-state index contributed by atoms with van der Waals surface area (Å²) in [6, 6.07) is 9.72. The molecule has 0 aliphatic heterocycles. The number of hydrogen-bond acceptors (Lipinski definition) is 6. The van der Waals surface area contributed by atoms with E-state index in [1.165, 1.54) is 6.07 Å². The fourth-order valence-electron chi connectivity index (χ4n) is 4.15. The molecule has 0 heterocycles. The minimum Gasteiger partial charge on any atom is -0.266 e. The van der Waals surface area contributed by atoms with Gasteiger partial charge >= 0.3 is 0 Å². The van der Waals surface area contributed by atoms with Crippen molar-refractivity contribution < 1.29 is 25.2 Å². The van der Waals surface area contributed by atoms with E-state index in [-0.39, 0.29) is 82.1 Å². The van der Waals surface area contributed by atoms with Crippen LogP contribution in [0.2, 0.25) is 0 Å². The van der Waals surface area contributed by atoms with E-state index in [1.807, 2.05) is 0 Å². The normalized spacial score (nSPS) is 12.1. The van der Waals surface area contributed by atoms with Gasteiger partial charge in [-0.25, -0.2) is 0 Å². The van der Waals surface area contributed by atoms with E-state index in [2.05, 4.69) is 27.7 Å². The molecule has 0 bridgehead atoms. The largest absolute Gasteiger partial charge is 0.299 e. The number of benzene rings is 2. The van der Waals surface area contributed by atoms with E-state index >= 15 is 0 Å². The quantitative estimate of drug-likeness (QED) is 0.110. The van der Waals surface area contributed by atoms with Gasteiger partial charge in [-0.1, -0.05) is 109 Å². The summed E-state index contributed by atoms with van der Waals surface area (Å²) >= 11 is 0. The van der Waals surface area contributed by atoms with Gasteiger partial charge in [0.2, 0.25) is 0 Å². The summed E-state index contributed by atoms with van der Waals surface area (Å²) in [5, 5.41) is 0.935. The molecule has 2 rings (SSSR count). The van der Waals surface area contributed by atoms with E-state index in [9.17, 15) is 16.8 Å². The van der Waals surface area contributed by atoms with Crippen molar-refractivity contribution in [3.8, 4) is 0 Å². The van der Waals surface area contributed by atoms with E-state index in [0.29, 0.717) is 35.4 Å². The Bertz CT molecular complexity index is 1150. The van der Waals surface area contributed by atoms with Gasteiger partial charge in [-0.15, -0.1) is 0 Å². The molecule has 10 heteroatoms. The molecule has 2 radical (unpaired) electrons. The van der Waals surface area contributed by atoms with Gasteiger partial charge in [0, 0.05) is 64.5 Å². The monoisotopic (exact) mass is 586 g/mol. The molecular formula is C28H44Na2O6S2. The number of hydrogen-bond donors (Lipinski definition) is 0. The minimum absolute atomic E-state index is 0. The molecule has 0 spiro atoms. The Hall–Kier alpha value is 0.520. The first-order valence-electron chi connectivity index (χ1n) is 13.3. The van der Waals surface area contributed by atoms with Crippen LogP contribution in [-0.2, 0) is 28.6 Å². The average molecular weight is 587 g/mol. The van der Waals surface area contributed by atoms with Gasteiger partial charge < -0.3 is 0 Å². The molecule has 0 fully saturated rings. The third-order valence-corrected chi connectivity index (χ3v) is 9.09. The van der Waals surface area contributed by atoms with Crippen molar-refractivity contribution in [1.29, 1.82) is 0 Å². The Morgan fingerprint density at radius 2 is 1.08 bits per heavy atom. The molecular weight excluding hydrogens is 542 g/mol. The number of fused-ring (bicyclic) bond motifs is 1. The molecule has 0 N–H and O–H groups in total. The van der Waals surface area contributed by atoms with Crippen molar-refractivity contribution in [3.63, 3.8) is 0 Å². The summed E-state index contributed by atoms with van der Waals surface area (Å²) in [4.78, 5) is -0.699. The number of rotatable bonds is 18. The van der Waals surface area contributed by atoms with Crippen LogP contribution in [0.1, 0.15) is 91.9 Å². The van der Waals surface area contributed by atoms with Crippen LogP contribution < -0.4 is 0 Å². The van der Waals surface area contributed by atoms with Crippen molar-refractivity contribution in [1.82, 2.24) is 0 Å². The van der Waals surface area contributed by atoms with Crippen LogP contribution in [0.15, 0.2) is 46.2 Å². The predicted octanol–water partition coefficient (Wildman–Crippen LogP) is 6.70. The van der Waals surface area contributed by atoms with E-state index in [1.54, 1.807) is 30.3 Å². The SMILES string of the molecule is CC(C)CCCCCCOS(=O)(=O)c1ccc2ccccc2c1S(=O)(=O)OCCCCCCC(C)C.[Na].[Na]. The maximum Gasteiger partial charge on any atom is 0.299 e. The zero-order valence-corrected chi connectivity index (χ0v) is 30.0. The van der Waals surface area contributed by atoms with Gasteiger partial charge in [0.25, 0.3) is 20.2 Å². The van der Waals surface area contributed by atoms with Crippen LogP contribution in [0, 0.1) is 11.8 Å². The van der Waals surface area contributed by atoms with Crippen LogP contribution >= 0.6 is 0 Å². The third-order valence-electron chi connectivity index (χ3n) is 6.19. The smallest absolute Gasteiger partial charge is 0.266 e. The zero-order chi connectivity index (χ0) is 26.6. The fourth-order valence-corrected chi connectivity index (χ4v) is 7.03. The first kappa shape index (κ1) is 38.5. The van der Waals surface area contributed by atoms with E-state index in [0.717, 1.165) is 51.4 Å². The molecule has 0 unspecified atom stereocenters. The molecule has 0 amide bonds. The van der Waals surface area contributed by atoms with Crippen molar-refractivity contribution in [2.75, 3.05) is 13.2 Å². The molecule has 0 saturated carbocycles. The zero-order valence-electron chi connectivity index (χ0n) is 24.4. The van der Waals surface area contributed by atoms with Crippen LogP contribution in [-0.4, -0.2) is 89.2 Å². The van der Waals surface area contributed by atoms with Crippen molar-refractivity contribution in [2.24, 2.45) is 11.8 Å². The Balaban J connectivity index is 0.00000684. The van der Waals surface area contributed by atoms with Crippen molar-refractivity contribution >= 4 is 90.1 Å². The minimum atomic E-state index is -4.32. The summed E-state index contributed by atoms with van der Waals surface area (Å²) in [7, 11) is -8.60. The Kier molecular flexibility index (Phi) is 19.9. The van der Waals surface area contributed by atoms with Crippen LogP contribution in [0.3, 0.4) is 0 Å². The van der Waals surface area contributed by atoms with Gasteiger partial charge in [0.1, 0.15) is 9.79 Å². The molecule has 6 nitrogen and oxygen atoms in total. The summed E-state index contributed by atoms with van der Waals surface area (Å²) in [5.74, 6) is 1.31. The summed E-state index contributed by atoms with van der Waals surface area (Å²) in [5.41, 5.74) is 0. The third kappa shape index (κ3) is 13.5. The topological polar surface area (TPSA) is 86.7 Å².